The first-order valence-corrected chi connectivity index (χ1v) is 12.3. The summed E-state index contributed by atoms with van der Waals surface area (Å²) in [7, 11) is -0.596. The molecular formula is C22H22FN5O5S. The van der Waals surface area contributed by atoms with Crippen molar-refractivity contribution in [3.63, 3.8) is 0 Å². The van der Waals surface area contributed by atoms with Crippen molar-refractivity contribution in [2.24, 2.45) is 0 Å². The third kappa shape index (κ3) is 4.49. The Bertz CT molecular complexity index is 1450. The van der Waals surface area contributed by atoms with Crippen molar-refractivity contribution in [1.29, 1.82) is 0 Å². The largest absolute Gasteiger partial charge is 0.494 e. The molecule has 0 aliphatic rings. The number of rotatable bonds is 8. The van der Waals surface area contributed by atoms with Crippen LogP contribution in [0.5, 0.6) is 17.4 Å². The number of para-hydroxylation sites is 1. The molecule has 3 heterocycles. The molecule has 0 N–H and O–H groups in total. The summed E-state index contributed by atoms with van der Waals surface area (Å²) in [6.45, 7) is 2.25. The zero-order valence-corrected chi connectivity index (χ0v) is 19.8. The predicted molar refractivity (Wildman–Crippen MR) is 123 cm³/mol. The van der Waals surface area contributed by atoms with E-state index < -0.39 is 21.5 Å². The number of methoxy groups -OCH3 is 2. The van der Waals surface area contributed by atoms with Gasteiger partial charge in [0.05, 0.1) is 26.6 Å². The Kier molecular flexibility index (Phi) is 6.33. The molecule has 178 valence electrons. The molecule has 3 aromatic heterocycles. The Balaban J connectivity index is 2.10. The van der Waals surface area contributed by atoms with E-state index in [2.05, 4.69) is 19.9 Å². The molecule has 0 bridgehead atoms. The molecule has 0 saturated heterocycles. The van der Waals surface area contributed by atoms with Crippen LogP contribution in [0, 0.1) is 5.95 Å². The van der Waals surface area contributed by atoms with Gasteiger partial charge in [-0.3, -0.25) is 4.57 Å². The van der Waals surface area contributed by atoms with Crippen LogP contribution in [-0.2, 0) is 15.6 Å². The molecule has 0 saturated carbocycles. The molecule has 10 nitrogen and oxygen atoms in total. The Labute approximate surface area is 195 Å². The number of halogens is 1. The average molecular weight is 488 g/mol. The Morgan fingerprint density at radius 1 is 0.971 bits per heavy atom. The van der Waals surface area contributed by atoms with Crippen LogP contribution in [-0.4, -0.2) is 60.0 Å². The second-order valence-electron chi connectivity index (χ2n) is 7.25. The van der Waals surface area contributed by atoms with Crippen LogP contribution < -0.4 is 14.2 Å². The van der Waals surface area contributed by atoms with Crippen molar-refractivity contribution in [3.05, 3.63) is 48.0 Å². The van der Waals surface area contributed by atoms with Crippen molar-refractivity contribution in [2.75, 3.05) is 27.1 Å². The van der Waals surface area contributed by atoms with Gasteiger partial charge in [-0.25, -0.2) is 23.4 Å². The number of fused-ring (bicyclic) bond motifs is 1. The average Bonchev–Trinajstić information content (AvgIpc) is 3.15. The van der Waals surface area contributed by atoms with Crippen LogP contribution in [0.2, 0.25) is 0 Å². The minimum atomic E-state index is -3.58. The first-order chi connectivity index (χ1) is 16.3. The van der Waals surface area contributed by atoms with Gasteiger partial charge in [0.2, 0.25) is 17.5 Å². The van der Waals surface area contributed by atoms with E-state index in [0.29, 0.717) is 35.4 Å². The van der Waals surface area contributed by atoms with Gasteiger partial charge in [0.15, 0.2) is 21.3 Å². The van der Waals surface area contributed by atoms with Gasteiger partial charge in [-0.05, 0) is 25.1 Å². The molecule has 34 heavy (non-hydrogen) atoms. The third-order valence-electron chi connectivity index (χ3n) is 4.79. The van der Waals surface area contributed by atoms with E-state index >= 15 is 0 Å². The molecule has 0 spiro atoms. The van der Waals surface area contributed by atoms with Crippen LogP contribution in [0.15, 0.2) is 36.4 Å². The van der Waals surface area contributed by atoms with Crippen LogP contribution in [0.3, 0.4) is 0 Å². The highest BCUT2D eigenvalue weighted by Gasteiger charge is 2.25. The number of imidazole rings is 1. The maximum Gasteiger partial charge on any atom is 0.237 e. The fourth-order valence-corrected chi connectivity index (χ4v) is 4.13. The van der Waals surface area contributed by atoms with Crippen molar-refractivity contribution in [3.8, 4) is 34.6 Å². The third-order valence-corrected chi connectivity index (χ3v) is 5.59. The number of hydrogen-bond donors (Lipinski definition) is 0. The number of benzene rings is 1. The number of ether oxygens (including phenoxy) is 3. The minimum Gasteiger partial charge on any atom is -0.494 e. The lowest BCUT2D eigenvalue weighted by atomic mass is 10.2. The van der Waals surface area contributed by atoms with E-state index in [1.807, 2.05) is 6.92 Å². The molecule has 0 aliphatic heterocycles. The minimum absolute atomic E-state index is 0.0404. The van der Waals surface area contributed by atoms with Crippen molar-refractivity contribution >= 4 is 21.1 Å². The van der Waals surface area contributed by atoms with E-state index in [1.165, 1.54) is 14.2 Å². The molecule has 0 atom stereocenters. The predicted octanol–water partition coefficient (Wildman–Crippen LogP) is 2.98. The summed E-state index contributed by atoms with van der Waals surface area (Å²) < 4.78 is 56.6. The van der Waals surface area contributed by atoms with Crippen molar-refractivity contribution in [2.45, 2.75) is 12.7 Å². The summed E-state index contributed by atoms with van der Waals surface area (Å²) in [6.07, 6.45) is 0.993. The summed E-state index contributed by atoms with van der Waals surface area (Å²) in [5, 5.41) is 0. The highest BCUT2D eigenvalue weighted by Crippen LogP contribution is 2.38. The van der Waals surface area contributed by atoms with Gasteiger partial charge in [-0.15, -0.1) is 0 Å². The molecule has 0 unspecified atom stereocenters. The highest BCUT2D eigenvalue weighted by atomic mass is 32.2. The van der Waals surface area contributed by atoms with Crippen LogP contribution in [0.4, 0.5) is 4.39 Å². The summed E-state index contributed by atoms with van der Waals surface area (Å²) in [5.41, 5.74) is 0.555. The fraction of sp³-hybridized carbons (Fsp3) is 0.273. The molecule has 1 aromatic carbocycles. The van der Waals surface area contributed by atoms with E-state index in [-0.39, 0.29) is 22.8 Å². The summed E-state index contributed by atoms with van der Waals surface area (Å²) in [6, 6.07) is 10.3. The van der Waals surface area contributed by atoms with Gasteiger partial charge < -0.3 is 14.2 Å². The van der Waals surface area contributed by atoms with Gasteiger partial charge in [0.1, 0.15) is 28.6 Å². The summed E-state index contributed by atoms with van der Waals surface area (Å²) >= 11 is 0. The lowest BCUT2D eigenvalue weighted by Crippen LogP contribution is -2.09. The molecule has 0 radical (unpaired) electrons. The van der Waals surface area contributed by atoms with E-state index in [0.717, 1.165) is 6.26 Å². The molecular weight excluding hydrogens is 465 g/mol. The zero-order chi connectivity index (χ0) is 24.5. The summed E-state index contributed by atoms with van der Waals surface area (Å²) in [5.74, 6) is -0.181. The second-order valence-corrected chi connectivity index (χ2v) is 9.39. The normalized spacial score (nSPS) is 11.6. The number of hydrogen-bond acceptors (Lipinski definition) is 9. The van der Waals surface area contributed by atoms with Gasteiger partial charge in [-0.2, -0.15) is 9.37 Å². The Morgan fingerprint density at radius 3 is 2.26 bits per heavy atom. The smallest absolute Gasteiger partial charge is 0.237 e. The second kappa shape index (κ2) is 9.21. The number of aromatic nitrogens is 5. The van der Waals surface area contributed by atoms with E-state index in [9.17, 15) is 12.8 Å². The maximum atomic E-state index is 14.7. The lowest BCUT2D eigenvalue weighted by Gasteiger charge is -2.16. The summed E-state index contributed by atoms with van der Waals surface area (Å²) in [4.78, 5) is 17.2. The molecule has 12 heteroatoms. The Hall–Kier alpha value is -3.80. The van der Waals surface area contributed by atoms with Gasteiger partial charge in [-0.1, -0.05) is 12.1 Å². The van der Waals surface area contributed by atoms with Crippen molar-refractivity contribution in [1.82, 2.24) is 24.5 Å². The van der Waals surface area contributed by atoms with Crippen LogP contribution >= 0.6 is 0 Å². The Morgan fingerprint density at radius 2 is 1.65 bits per heavy atom. The number of pyridine rings is 1. The van der Waals surface area contributed by atoms with Gasteiger partial charge in [0, 0.05) is 12.3 Å². The number of nitrogens with zero attached hydrogens (tertiary/aromatic N) is 5. The van der Waals surface area contributed by atoms with Crippen molar-refractivity contribution < 1.29 is 27.0 Å². The van der Waals surface area contributed by atoms with Crippen LogP contribution in [0.1, 0.15) is 12.6 Å². The molecule has 4 rings (SSSR count). The topological polar surface area (TPSA) is 118 Å². The van der Waals surface area contributed by atoms with E-state index in [4.69, 9.17) is 14.2 Å². The standard InChI is InChI=1S/C22H22FN5O5S/c1-5-33-17-11-6-8-13(24-17)21-27-20-22(25-14(19(23)26-20)12-34(4,29)30)28(21)18-15(31-2)9-7-10-16(18)32-3/h6-11H,5,12H2,1-4H3. The quantitative estimate of drug-likeness (QED) is 0.369. The zero-order valence-electron chi connectivity index (χ0n) is 18.9. The van der Waals surface area contributed by atoms with Gasteiger partial charge in [0.25, 0.3) is 0 Å². The van der Waals surface area contributed by atoms with Crippen LogP contribution in [0.25, 0.3) is 28.5 Å². The fourth-order valence-electron chi connectivity index (χ4n) is 3.45. The number of sulfone groups is 1. The molecule has 0 amide bonds. The monoisotopic (exact) mass is 487 g/mol. The SMILES string of the molecule is CCOc1cccc(-c2nc3nc(F)c(CS(C)(=O)=O)nc3n2-c2c(OC)cccc2OC)n1. The maximum absolute atomic E-state index is 14.7. The first kappa shape index (κ1) is 23.4. The molecule has 4 aromatic rings. The first-order valence-electron chi connectivity index (χ1n) is 10.2. The molecule has 0 fully saturated rings. The van der Waals surface area contributed by atoms with E-state index in [1.54, 1.807) is 41.0 Å². The highest BCUT2D eigenvalue weighted by molar-refractivity contribution is 7.89. The van der Waals surface area contributed by atoms with Gasteiger partial charge >= 0.3 is 0 Å². The molecule has 0 aliphatic carbocycles. The lowest BCUT2D eigenvalue weighted by molar-refractivity contribution is 0.327.